The van der Waals surface area contributed by atoms with Crippen LogP contribution in [0.1, 0.15) is 32.1 Å². The maximum Gasteiger partial charge on any atom is 0.223 e. The molecule has 160 valence electrons. The highest BCUT2D eigenvalue weighted by Gasteiger charge is 2.47. The van der Waals surface area contributed by atoms with Crippen molar-refractivity contribution in [3.05, 3.63) is 42.3 Å². The van der Waals surface area contributed by atoms with Crippen molar-refractivity contribution in [3.63, 3.8) is 0 Å². The predicted octanol–water partition coefficient (Wildman–Crippen LogP) is 3.40. The quantitative estimate of drug-likeness (QED) is 0.758. The molecule has 0 amide bonds. The fourth-order valence-corrected chi connectivity index (χ4v) is 4.91. The van der Waals surface area contributed by atoms with E-state index in [2.05, 4.69) is 20.6 Å². The molecule has 1 aliphatic carbocycles. The summed E-state index contributed by atoms with van der Waals surface area (Å²) in [6.07, 6.45) is 8.48. The molecular weight excluding hydrogens is 383 g/mol. The van der Waals surface area contributed by atoms with Crippen LogP contribution in [0.5, 0.6) is 0 Å². The van der Waals surface area contributed by atoms with Crippen molar-refractivity contribution in [3.8, 4) is 11.3 Å². The minimum Gasteiger partial charge on any atom is -0.371 e. The Morgan fingerprint density at radius 2 is 1.80 bits per heavy atom. The number of anilines is 1. The molecule has 2 saturated heterocycles. The third-order valence-corrected chi connectivity index (χ3v) is 6.54. The van der Waals surface area contributed by atoms with Crippen molar-refractivity contribution < 1.29 is 13.9 Å². The Morgan fingerprint density at radius 3 is 2.63 bits per heavy atom. The van der Waals surface area contributed by atoms with E-state index >= 15 is 0 Å². The fraction of sp³-hybridized carbons (Fsp3) is 0.565. The maximum absolute atomic E-state index is 13.5. The molecule has 3 heterocycles. The average Bonchev–Trinajstić information content (AvgIpc) is 3.36. The van der Waals surface area contributed by atoms with E-state index in [1.807, 2.05) is 6.07 Å². The van der Waals surface area contributed by atoms with Gasteiger partial charge in [-0.05, 0) is 43.5 Å². The summed E-state index contributed by atoms with van der Waals surface area (Å²) in [7, 11) is 0. The van der Waals surface area contributed by atoms with Gasteiger partial charge in [0.15, 0.2) is 0 Å². The summed E-state index contributed by atoms with van der Waals surface area (Å²) in [5.41, 5.74) is 1.41. The second-order valence-corrected chi connectivity index (χ2v) is 8.64. The molecule has 5 rings (SSSR count). The lowest BCUT2D eigenvalue weighted by Crippen LogP contribution is -2.44. The molecule has 4 atom stereocenters. The van der Waals surface area contributed by atoms with E-state index < -0.39 is 0 Å². The second kappa shape index (κ2) is 8.96. The van der Waals surface area contributed by atoms with Crippen LogP contribution in [0.4, 0.5) is 10.3 Å². The molecule has 2 N–H and O–H groups in total. The standard InChI is InChI=1S/C23H29FN4O2/c24-17-8-4-7-16(11-17)18-9-10-25-23(27-18)28-20-14-30-21-19(13-29-22(20)21)26-12-15-5-2-1-3-6-15/h4,7-11,15,19-22,26H,1-3,5-6,12-14H2,(H,25,27,28)/t19-,20-,21+,22+/m0/s1. The zero-order chi connectivity index (χ0) is 20.3. The topological polar surface area (TPSA) is 68.3 Å². The Bertz CT molecular complexity index is 861. The van der Waals surface area contributed by atoms with E-state index in [0.29, 0.717) is 24.9 Å². The fourth-order valence-electron chi connectivity index (χ4n) is 4.91. The SMILES string of the molecule is Fc1cccc(-c2ccnc(N[C@H]3CO[C@H]4[C@@H]3OC[C@@H]4NCC3CCCCC3)n2)c1. The highest BCUT2D eigenvalue weighted by Crippen LogP contribution is 2.30. The van der Waals surface area contributed by atoms with Crippen LogP contribution in [-0.4, -0.2) is 54.0 Å². The molecule has 6 nitrogen and oxygen atoms in total. The first-order valence-corrected chi connectivity index (χ1v) is 11.1. The number of hydrogen-bond acceptors (Lipinski definition) is 6. The molecule has 0 unspecified atom stereocenters. The van der Waals surface area contributed by atoms with Gasteiger partial charge in [0.05, 0.1) is 31.0 Å². The summed E-state index contributed by atoms with van der Waals surface area (Å²) in [6.45, 7) is 2.28. The Morgan fingerprint density at radius 1 is 1.00 bits per heavy atom. The van der Waals surface area contributed by atoms with Crippen LogP contribution in [0.15, 0.2) is 36.5 Å². The highest BCUT2D eigenvalue weighted by molar-refractivity contribution is 5.60. The van der Waals surface area contributed by atoms with Crippen molar-refractivity contribution in [2.45, 2.75) is 56.4 Å². The van der Waals surface area contributed by atoms with Crippen molar-refractivity contribution >= 4 is 5.95 Å². The first-order chi connectivity index (χ1) is 14.8. The van der Waals surface area contributed by atoms with Gasteiger partial charge >= 0.3 is 0 Å². The molecule has 1 saturated carbocycles. The van der Waals surface area contributed by atoms with E-state index in [9.17, 15) is 4.39 Å². The second-order valence-electron chi connectivity index (χ2n) is 8.64. The summed E-state index contributed by atoms with van der Waals surface area (Å²) in [5, 5.41) is 7.07. The zero-order valence-electron chi connectivity index (χ0n) is 17.1. The first kappa shape index (κ1) is 19.8. The van der Waals surface area contributed by atoms with Crippen LogP contribution in [0.3, 0.4) is 0 Å². The summed E-state index contributed by atoms with van der Waals surface area (Å²) < 4.78 is 25.7. The van der Waals surface area contributed by atoms with Crippen molar-refractivity contribution in [2.75, 3.05) is 25.1 Å². The van der Waals surface area contributed by atoms with Crippen molar-refractivity contribution in [1.82, 2.24) is 15.3 Å². The third kappa shape index (κ3) is 4.33. The summed E-state index contributed by atoms with van der Waals surface area (Å²) >= 11 is 0. The minimum absolute atomic E-state index is 0.000704. The lowest BCUT2D eigenvalue weighted by molar-refractivity contribution is 0.0671. The summed E-state index contributed by atoms with van der Waals surface area (Å²) in [5.74, 6) is 1.01. The number of ether oxygens (including phenoxy) is 2. The molecule has 0 radical (unpaired) electrons. The molecule has 1 aromatic heterocycles. The van der Waals surface area contributed by atoms with Crippen LogP contribution >= 0.6 is 0 Å². The van der Waals surface area contributed by atoms with E-state index in [4.69, 9.17) is 9.47 Å². The van der Waals surface area contributed by atoms with E-state index in [1.165, 1.54) is 44.2 Å². The zero-order valence-corrected chi connectivity index (χ0v) is 17.1. The molecule has 7 heteroatoms. The Balaban J connectivity index is 1.19. The van der Waals surface area contributed by atoms with Crippen LogP contribution < -0.4 is 10.6 Å². The number of aromatic nitrogens is 2. The van der Waals surface area contributed by atoms with Crippen LogP contribution in [-0.2, 0) is 9.47 Å². The molecule has 2 aromatic rings. The van der Waals surface area contributed by atoms with Gasteiger partial charge < -0.3 is 20.1 Å². The van der Waals surface area contributed by atoms with E-state index in [0.717, 1.165) is 18.0 Å². The van der Waals surface area contributed by atoms with Crippen molar-refractivity contribution in [2.24, 2.45) is 5.92 Å². The summed E-state index contributed by atoms with van der Waals surface area (Å²) in [4.78, 5) is 8.90. The normalized spacial score (nSPS) is 29.1. The first-order valence-electron chi connectivity index (χ1n) is 11.1. The van der Waals surface area contributed by atoms with Gasteiger partial charge in [0, 0.05) is 11.8 Å². The number of halogens is 1. The van der Waals surface area contributed by atoms with Gasteiger partial charge in [-0.2, -0.15) is 0 Å². The number of nitrogens with zero attached hydrogens (tertiary/aromatic N) is 2. The number of fused-ring (bicyclic) bond motifs is 1. The van der Waals surface area contributed by atoms with Gasteiger partial charge in [-0.25, -0.2) is 14.4 Å². The third-order valence-electron chi connectivity index (χ3n) is 6.54. The van der Waals surface area contributed by atoms with Gasteiger partial charge in [-0.1, -0.05) is 31.4 Å². The summed E-state index contributed by atoms with van der Waals surface area (Å²) in [6, 6.07) is 8.45. The van der Waals surface area contributed by atoms with Crippen LogP contribution in [0, 0.1) is 11.7 Å². The molecule has 3 fully saturated rings. The molecule has 0 spiro atoms. The lowest BCUT2D eigenvalue weighted by Gasteiger charge is -2.25. The number of hydrogen-bond donors (Lipinski definition) is 2. The van der Waals surface area contributed by atoms with Gasteiger partial charge in [0.2, 0.25) is 5.95 Å². The Kier molecular flexibility index (Phi) is 5.93. The number of benzene rings is 1. The van der Waals surface area contributed by atoms with Gasteiger partial charge in [0.1, 0.15) is 18.0 Å². The van der Waals surface area contributed by atoms with E-state index in [-0.39, 0.29) is 30.1 Å². The molecule has 3 aliphatic rings. The van der Waals surface area contributed by atoms with Gasteiger partial charge in [-0.3, -0.25) is 0 Å². The van der Waals surface area contributed by atoms with Crippen LogP contribution in [0.2, 0.25) is 0 Å². The maximum atomic E-state index is 13.5. The number of rotatable bonds is 6. The Labute approximate surface area is 176 Å². The predicted molar refractivity (Wildman–Crippen MR) is 113 cm³/mol. The van der Waals surface area contributed by atoms with E-state index in [1.54, 1.807) is 18.3 Å². The molecular formula is C23H29FN4O2. The van der Waals surface area contributed by atoms with Gasteiger partial charge in [0.25, 0.3) is 0 Å². The lowest BCUT2D eigenvalue weighted by atomic mass is 9.89. The van der Waals surface area contributed by atoms with Crippen LogP contribution in [0.25, 0.3) is 11.3 Å². The highest BCUT2D eigenvalue weighted by atomic mass is 19.1. The molecule has 2 aliphatic heterocycles. The van der Waals surface area contributed by atoms with Crippen molar-refractivity contribution in [1.29, 1.82) is 0 Å². The molecule has 1 aromatic carbocycles. The monoisotopic (exact) mass is 412 g/mol. The molecule has 30 heavy (non-hydrogen) atoms. The number of nitrogens with one attached hydrogen (secondary N) is 2. The van der Waals surface area contributed by atoms with Gasteiger partial charge in [-0.15, -0.1) is 0 Å². The minimum atomic E-state index is -0.279. The smallest absolute Gasteiger partial charge is 0.223 e. The largest absolute Gasteiger partial charge is 0.371 e. The Hall–Kier alpha value is -2.09. The average molecular weight is 413 g/mol. The molecule has 0 bridgehead atoms.